The van der Waals surface area contributed by atoms with Crippen LogP contribution in [0.25, 0.3) is 0 Å². The van der Waals surface area contributed by atoms with Crippen molar-refractivity contribution in [2.45, 2.75) is 31.2 Å². The lowest BCUT2D eigenvalue weighted by Gasteiger charge is -2.35. The average molecular weight is 273 g/mol. The fourth-order valence-electron chi connectivity index (χ4n) is 3.59. The van der Waals surface area contributed by atoms with E-state index < -0.39 is 0 Å². The van der Waals surface area contributed by atoms with Gasteiger partial charge >= 0.3 is 0 Å². The van der Waals surface area contributed by atoms with Crippen molar-refractivity contribution in [3.63, 3.8) is 0 Å². The van der Waals surface area contributed by atoms with Gasteiger partial charge in [-0.15, -0.1) is 0 Å². The molecule has 3 heteroatoms. The summed E-state index contributed by atoms with van der Waals surface area (Å²) in [6, 6.07) is 9.57. The number of nitrogens with one attached hydrogen (secondary N) is 1. The molecule has 0 aromatic heterocycles. The van der Waals surface area contributed by atoms with Gasteiger partial charge in [0, 0.05) is 24.2 Å². The molecule has 3 nitrogen and oxygen atoms in total. The number of likely N-dealkylation sites (tertiary alicyclic amines) is 1. The zero-order valence-electron chi connectivity index (χ0n) is 12.8. The summed E-state index contributed by atoms with van der Waals surface area (Å²) >= 11 is 0. The first-order valence-electron chi connectivity index (χ1n) is 7.95. The van der Waals surface area contributed by atoms with Gasteiger partial charge in [0.05, 0.1) is 0 Å². The van der Waals surface area contributed by atoms with Crippen molar-refractivity contribution in [1.82, 2.24) is 9.80 Å². The summed E-state index contributed by atoms with van der Waals surface area (Å²) in [7, 11) is 4.54. The van der Waals surface area contributed by atoms with Gasteiger partial charge in [0.1, 0.15) is 0 Å². The lowest BCUT2D eigenvalue weighted by molar-refractivity contribution is 0.142. The van der Waals surface area contributed by atoms with Crippen LogP contribution in [0, 0.1) is 0 Å². The molecule has 1 N–H and O–H groups in total. The van der Waals surface area contributed by atoms with Crippen molar-refractivity contribution in [3.05, 3.63) is 29.8 Å². The molecule has 1 fully saturated rings. The third kappa shape index (κ3) is 2.99. The fourth-order valence-corrected chi connectivity index (χ4v) is 3.59. The zero-order valence-corrected chi connectivity index (χ0v) is 12.8. The molecule has 0 amide bonds. The molecule has 1 atom stereocenters. The molecule has 0 aliphatic carbocycles. The third-order valence-electron chi connectivity index (χ3n) is 5.08. The van der Waals surface area contributed by atoms with E-state index in [2.05, 4.69) is 53.5 Å². The highest BCUT2D eigenvalue weighted by molar-refractivity contribution is 5.57. The summed E-state index contributed by atoms with van der Waals surface area (Å²) in [6.07, 6.45) is 3.92. The van der Waals surface area contributed by atoms with E-state index in [0.717, 1.165) is 12.6 Å². The minimum Gasteiger partial charge on any atom is -0.384 e. The topological polar surface area (TPSA) is 18.5 Å². The first kappa shape index (κ1) is 13.9. The minimum atomic E-state index is 0.694. The predicted molar refractivity (Wildman–Crippen MR) is 85.4 cm³/mol. The predicted octanol–water partition coefficient (Wildman–Crippen LogP) is 2.61. The largest absolute Gasteiger partial charge is 0.384 e. The Morgan fingerprint density at radius 2 is 2.00 bits per heavy atom. The molecule has 0 spiro atoms. The standard InChI is InChI=1S/C17H27N3/c1-19-10-8-15(9-11-19)20(2)12-7-14-13-18-17-6-4-3-5-16(14)17/h3-6,14-15,18H,7-13H2,1-2H3. The number of para-hydroxylation sites is 1. The Balaban J connectivity index is 1.50. The number of nitrogens with zero attached hydrogens (tertiary/aromatic N) is 2. The van der Waals surface area contributed by atoms with E-state index in [1.807, 2.05) is 0 Å². The smallest absolute Gasteiger partial charge is 0.0376 e. The molecule has 1 aromatic rings. The lowest BCUT2D eigenvalue weighted by atomic mass is 9.97. The maximum atomic E-state index is 3.53. The Hall–Kier alpha value is -1.06. The summed E-state index contributed by atoms with van der Waals surface area (Å²) in [5.74, 6) is 0.694. The van der Waals surface area contributed by atoms with Gasteiger partial charge in [0.15, 0.2) is 0 Å². The first-order chi connectivity index (χ1) is 9.74. The highest BCUT2D eigenvalue weighted by Crippen LogP contribution is 2.33. The third-order valence-corrected chi connectivity index (χ3v) is 5.08. The van der Waals surface area contributed by atoms with Crippen molar-refractivity contribution in [2.75, 3.05) is 45.6 Å². The number of anilines is 1. The second-order valence-electron chi connectivity index (χ2n) is 6.47. The molecule has 0 bridgehead atoms. The van der Waals surface area contributed by atoms with Crippen molar-refractivity contribution in [3.8, 4) is 0 Å². The molecule has 1 aromatic carbocycles. The van der Waals surface area contributed by atoms with Crippen LogP contribution in [-0.4, -0.2) is 56.1 Å². The number of piperidine rings is 1. The number of rotatable bonds is 4. The van der Waals surface area contributed by atoms with Gasteiger partial charge in [-0.3, -0.25) is 0 Å². The molecule has 1 unspecified atom stereocenters. The van der Waals surface area contributed by atoms with Crippen molar-refractivity contribution in [1.29, 1.82) is 0 Å². The molecule has 110 valence electrons. The quantitative estimate of drug-likeness (QED) is 0.910. The summed E-state index contributed by atoms with van der Waals surface area (Å²) < 4.78 is 0. The van der Waals surface area contributed by atoms with Gasteiger partial charge in [-0.2, -0.15) is 0 Å². The van der Waals surface area contributed by atoms with Crippen LogP contribution in [0.15, 0.2) is 24.3 Å². The van der Waals surface area contributed by atoms with Crippen LogP contribution in [-0.2, 0) is 0 Å². The van der Waals surface area contributed by atoms with Gasteiger partial charge in [-0.05, 0) is 64.6 Å². The van der Waals surface area contributed by atoms with E-state index in [-0.39, 0.29) is 0 Å². The van der Waals surface area contributed by atoms with Crippen LogP contribution in [0.4, 0.5) is 5.69 Å². The van der Waals surface area contributed by atoms with Crippen LogP contribution < -0.4 is 5.32 Å². The van der Waals surface area contributed by atoms with Crippen molar-refractivity contribution < 1.29 is 0 Å². The average Bonchev–Trinajstić information content (AvgIpc) is 2.89. The molecule has 1 saturated heterocycles. The van der Waals surface area contributed by atoms with E-state index in [0.29, 0.717) is 5.92 Å². The van der Waals surface area contributed by atoms with E-state index in [1.54, 1.807) is 0 Å². The highest BCUT2D eigenvalue weighted by atomic mass is 15.2. The molecule has 0 radical (unpaired) electrons. The molecule has 2 heterocycles. The number of hydrogen-bond acceptors (Lipinski definition) is 3. The van der Waals surface area contributed by atoms with Gasteiger partial charge < -0.3 is 15.1 Å². The first-order valence-corrected chi connectivity index (χ1v) is 7.95. The van der Waals surface area contributed by atoms with Crippen molar-refractivity contribution >= 4 is 5.69 Å². The summed E-state index contributed by atoms with van der Waals surface area (Å²) in [5, 5.41) is 3.53. The Morgan fingerprint density at radius 1 is 1.25 bits per heavy atom. The summed E-state index contributed by atoms with van der Waals surface area (Å²) in [5.41, 5.74) is 2.86. The minimum absolute atomic E-state index is 0.694. The molecule has 3 rings (SSSR count). The van der Waals surface area contributed by atoms with Gasteiger partial charge in [0.25, 0.3) is 0 Å². The van der Waals surface area contributed by atoms with Gasteiger partial charge in [0.2, 0.25) is 0 Å². The molecule has 20 heavy (non-hydrogen) atoms. The van der Waals surface area contributed by atoms with E-state index in [4.69, 9.17) is 0 Å². The Bertz CT molecular complexity index is 438. The van der Waals surface area contributed by atoms with Crippen LogP contribution in [0.2, 0.25) is 0 Å². The maximum Gasteiger partial charge on any atom is 0.0376 e. The maximum absolute atomic E-state index is 3.53. The van der Waals surface area contributed by atoms with Gasteiger partial charge in [-0.25, -0.2) is 0 Å². The molecule has 0 saturated carbocycles. The van der Waals surface area contributed by atoms with Crippen LogP contribution in [0.3, 0.4) is 0 Å². The highest BCUT2D eigenvalue weighted by Gasteiger charge is 2.24. The van der Waals surface area contributed by atoms with Gasteiger partial charge in [-0.1, -0.05) is 18.2 Å². The zero-order chi connectivity index (χ0) is 13.9. The van der Waals surface area contributed by atoms with E-state index in [1.165, 1.54) is 50.1 Å². The lowest BCUT2D eigenvalue weighted by Crippen LogP contribution is -2.42. The molecule has 2 aliphatic heterocycles. The van der Waals surface area contributed by atoms with E-state index in [9.17, 15) is 0 Å². The number of hydrogen-bond donors (Lipinski definition) is 1. The van der Waals surface area contributed by atoms with Crippen molar-refractivity contribution in [2.24, 2.45) is 0 Å². The SMILES string of the molecule is CN1CCC(N(C)CCC2CNc3ccccc32)CC1. The molecule has 2 aliphatic rings. The number of fused-ring (bicyclic) bond motifs is 1. The number of benzene rings is 1. The summed E-state index contributed by atoms with van der Waals surface area (Å²) in [6.45, 7) is 4.83. The van der Waals surface area contributed by atoms with Crippen LogP contribution in [0.5, 0.6) is 0 Å². The Morgan fingerprint density at radius 3 is 2.80 bits per heavy atom. The van der Waals surface area contributed by atoms with Crippen LogP contribution >= 0.6 is 0 Å². The second kappa shape index (κ2) is 6.15. The molecular weight excluding hydrogens is 246 g/mol. The Kier molecular flexibility index (Phi) is 4.27. The Labute approximate surface area is 123 Å². The van der Waals surface area contributed by atoms with E-state index >= 15 is 0 Å². The molecular formula is C17H27N3. The fraction of sp³-hybridized carbons (Fsp3) is 0.647. The normalized spacial score (nSPS) is 23.9. The second-order valence-corrected chi connectivity index (χ2v) is 6.47. The monoisotopic (exact) mass is 273 g/mol. The summed E-state index contributed by atoms with van der Waals surface area (Å²) in [4.78, 5) is 5.04. The van der Waals surface area contributed by atoms with Crippen LogP contribution in [0.1, 0.15) is 30.7 Å².